The van der Waals surface area contributed by atoms with E-state index in [9.17, 15) is 9.59 Å². The van der Waals surface area contributed by atoms with Crippen molar-refractivity contribution in [1.29, 1.82) is 0 Å². The first-order valence-corrected chi connectivity index (χ1v) is 10.1. The van der Waals surface area contributed by atoms with Gasteiger partial charge in [-0.3, -0.25) is 9.59 Å². The molecule has 1 aromatic heterocycles. The van der Waals surface area contributed by atoms with E-state index in [0.717, 1.165) is 10.1 Å². The second-order valence-corrected chi connectivity index (χ2v) is 7.69. The number of hydrogen-bond donors (Lipinski definition) is 2. The van der Waals surface area contributed by atoms with Gasteiger partial charge in [0.2, 0.25) is 11.0 Å². The van der Waals surface area contributed by atoms with Crippen molar-refractivity contribution >= 4 is 40.0 Å². The Kier molecular flexibility index (Phi) is 8.98. The summed E-state index contributed by atoms with van der Waals surface area (Å²) in [6.07, 6.45) is 0.110. The zero-order valence-corrected chi connectivity index (χ0v) is 17.4. The number of amides is 2. The van der Waals surface area contributed by atoms with Gasteiger partial charge in [-0.15, -0.1) is 10.2 Å². The fourth-order valence-corrected chi connectivity index (χ4v) is 3.78. The first kappa shape index (κ1) is 21.9. The van der Waals surface area contributed by atoms with Crippen LogP contribution in [0.15, 0.2) is 22.5 Å². The van der Waals surface area contributed by atoms with Crippen molar-refractivity contribution in [2.24, 2.45) is 0 Å². The molecule has 2 N–H and O–H groups in total. The van der Waals surface area contributed by atoms with Crippen molar-refractivity contribution in [1.82, 2.24) is 15.5 Å². The summed E-state index contributed by atoms with van der Waals surface area (Å²) in [5, 5.41) is 13.7. The maximum absolute atomic E-state index is 12.3. The lowest BCUT2D eigenvalue weighted by molar-refractivity contribution is -0.116. The van der Waals surface area contributed by atoms with Crippen molar-refractivity contribution in [3.05, 3.63) is 23.8 Å². The fourth-order valence-electron chi connectivity index (χ4n) is 2.04. The number of carbonyl (C=O) groups is 2. The molecule has 0 atom stereocenters. The Balaban J connectivity index is 1.78. The van der Waals surface area contributed by atoms with E-state index in [1.54, 1.807) is 25.3 Å². The Hall–Kier alpha value is -2.37. The van der Waals surface area contributed by atoms with Crippen LogP contribution in [0, 0.1) is 0 Å². The van der Waals surface area contributed by atoms with Crippen LogP contribution in [0.3, 0.4) is 0 Å². The minimum Gasteiger partial charge on any atom is -0.497 e. The highest BCUT2D eigenvalue weighted by Crippen LogP contribution is 2.25. The standard InChI is InChI=1S/C17H22N4O5S2/c1-24-6-7-27-17-21-20-16(28-17)19-14(22)4-5-18-15(23)11-8-12(25-2)10-13(9-11)26-3/h8-10H,4-7H2,1-3H3,(H,18,23)(H,19,20,22). The summed E-state index contributed by atoms with van der Waals surface area (Å²) < 4.78 is 16.0. The number of benzene rings is 1. The molecule has 0 aliphatic heterocycles. The number of methoxy groups -OCH3 is 3. The summed E-state index contributed by atoms with van der Waals surface area (Å²) in [6, 6.07) is 4.87. The van der Waals surface area contributed by atoms with Crippen LogP contribution < -0.4 is 20.1 Å². The van der Waals surface area contributed by atoms with Gasteiger partial charge in [0.1, 0.15) is 11.5 Å². The minimum atomic E-state index is -0.322. The fraction of sp³-hybridized carbons (Fsp3) is 0.412. The second-order valence-electron chi connectivity index (χ2n) is 5.37. The number of nitrogens with zero attached hydrogens (tertiary/aromatic N) is 2. The second kappa shape index (κ2) is 11.5. The summed E-state index contributed by atoms with van der Waals surface area (Å²) in [5.74, 6) is 1.21. The van der Waals surface area contributed by atoms with Gasteiger partial charge in [0.15, 0.2) is 4.34 Å². The lowest BCUT2D eigenvalue weighted by Gasteiger charge is -2.09. The van der Waals surface area contributed by atoms with E-state index in [-0.39, 0.29) is 24.8 Å². The molecule has 0 aliphatic rings. The molecule has 9 nitrogen and oxygen atoms in total. The molecular weight excluding hydrogens is 404 g/mol. The van der Waals surface area contributed by atoms with Crippen molar-refractivity contribution in [2.45, 2.75) is 10.8 Å². The van der Waals surface area contributed by atoms with Crippen LogP contribution in [0.2, 0.25) is 0 Å². The first-order chi connectivity index (χ1) is 13.5. The molecule has 0 radical (unpaired) electrons. The third kappa shape index (κ3) is 6.98. The lowest BCUT2D eigenvalue weighted by Crippen LogP contribution is -2.27. The van der Waals surface area contributed by atoms with Crippen molar-refractivity contribution in [2.75, 3.05) is 45.6 Å². The summed E-state index contributed by atoms with van der Waals surface area (Å²) >= 11 is 2.80. The van der Waals surface area contributed by atoms with Crippen LogP contribution in [0.1, 0.15) is 16.8 Å². The van der Waals surface area contributed by atoms with Crippen LogP contribution in [-0.2, 0) is 9.53 Å². The molecule has 11 heteroatoms. The molecule has 0 saturated carbocycles. The van der Waals surface area contributed by atoms with Crippen LogP contribution in [0.4, 0.5) is 5.13 Å². The van der Waals surface area contributed by atoms with Crippen molar-refractivity contribution < 1.29 is 23.8 Å². The smallest absolute Gasteiger partial charge is 0.251 e. The molecule has 0 aliphatic carbocycles. The molecule has 0 fully saturated rings. The Bertz CT molecular complexity index is 777. The van der Waals surface area contributed by atoms with Gasteiger partial charge >= 0.3 is 0 Å². The Morgan fingerprint density at radius 3 is 2.46 bits per heavy atom. The predicted octanol–water partition coefficient (Wildman–Crippen LogP) is 2.05. The summed E-state index contributed by atoms with van der Waals surface area (Å²) in [6.45, 7) is 0.795. The monoisotopic (exact) mass is 426 g/mol. The topological polar surface area (TPSA) is 112 Å². The minimum absolute atomic E-state index is 0.110. The van der Waals surface area contributed by atoms with Gasteiger partial charge in [-0.25, -0.2) is 0 Å². The van der Waals surface area contributed by atoms with Crippen LogP contribution in [0.25, 0.3) is 0 Å². The third-order valence-electron chi connectivity index (χ3n) is 3.42. The van der Waals surface area contributed by atoms with E-state index in [4.69, 9.17) is 14.2 Å². The van der Waals surface area contributed by atoms with Crippen LogP contribution >= 0.6 is 23.1 Å². The molecule has 0 saturated heterocycles. The normalized spacial score (nSPS) is 10.4. The number of anilines is 1. The molecule has 1 heterocycles. The molecule has 152 valence electrons. The van der Waals surface area contributed by atoms with E-state index >= 15 is 0 Å². The molecule has 0 spiro atoms. The summed E-state index contributed by atoms with van der Waals surface area (Å²) in [4.78, 5) is 24.3. The number of nitrogens with one attached hydrogen (secondary N) is 2. The average Bonchev–Trinajstić information content (AvgIpc) is 3.14. The highest BCUT2D eigenvalue weighted by atomic mass is 32.2. The Morgan fingerprint density at radius 1 is 1.11 bits per heavy atom. The Labute approximate surface area is 171 Å². The van der Waals surface area contributed by atoms with Gasteiger partial charge in [0.25, 0.3) is 5.91 Å². The van der Waals surface area contributed by atoms with Gasteiger partial charge in [0.05, 0.1) is 20.8 Å². The molecule has 1 aromatic carbocycles. The zero-order valence-electron chi connectivity index (χ0n) is 15.8. The summed E-state index contributed by atoms with van der Waals surface area (Å²) in [5.41, 5.74) is 0.387. The van der Waals surface area contributed by atoms with Gasteiger partial charge in [-0.2, -0.15) is 0 Å². The largest absolute Gasteiger partial charge is 0.497 e. The van der Waals surface area contributed by atoms with Gasteiger partial charge in [-0.1, -0.05) is 23.1 Å². The van der Waals surface area contributed by atoms with E-state index in [2.05, 4.69) is 20.8 Å². The number of carbonyl (C=O) groups excluding carboxylic acids is 2. The molecule has 0 unspecified atom stereocenters. The first-order valence-electron chi connectivity index (χ1n) is 8.32. The average molecular weight is 427 g/mol. The molecule has 2 rings (SSSR count). The molecular formula is C17H22N4O5S2. The number of aromatic nitrogens is 2. The highest BCUT2D eigenvalue weighted by molar-refractivity contribution is 8.01. The highest BCUT2D eigenvalue weighted by Gasteiger charge is 2.12. The van der Waals surface area contributed by atoms with Crippen molar-refractivity contribution in [3.63, 3.8) is 0 Å². The zero-order chi connectivity index (χ0) is 20.4. The maximum Gasteiger partial charge on any atom is 0.251 e. The van der Waals surface area contributed by atoms with E-state index < -0.39 is 0 Å². The number of ether oxygens (including phenoxy) is 3. The lowest BCUT2D eigenvalue weighted by atomic mass is 10.2. The van der Waals surface area contributed by atoms with Gasteiger partial charge in [0, 0.05) is 37.5 Å². The van der Waals surface area contributed by atoms with Crippen LogP contribution in [-0.4, -0.2) is 62.2 Å². The maximum atomic E-state index is 12.3. The van der Waals surface area contributed by atoms with E-state index in [1.807, 2.05) is 0 Å². The van der Waals surface area contributed by atoms with Crippen LogP contribution in [0.5, 0.6) is 11.5 Å². The number of rotatable bonds is 11. The molecule has 0 bridgehead atoms. The molecule has 2 aromatic rings. The quantitative estimate of drug-likeness (QED) is 0.319. The van der Waals surface area contributed by atoms with Gasteiger partial charge in [-0.05, 0) is 12.1 Å². The summed E-state index contributed by atoms with van der Waals surface area (Å²) in [7, 11) is 4.65. The number of hydrogen-bond acceptors (Lipinski definition) is 9. The van der Waals surface area contributed by atoms with E-state index in [0.29, 0.717) is 28.8 Å². The van der Waals surface area contributed by atoms with Crippen molar-refractivity contribution in [3.8, 4) is 11.5 Å². The molecule has 28 heavy (non-hydrogen) atoms. The predicted molar refractivity (Wildman–Crippen MR) is 108 cm³/mol. The SMILES string of the molecule is COCCSc1nnc(NC(=O)CCNC(=O)c2cc(OC)cc(OC)c2)s1. The molecule has 2 amide bonds. The van der Waals surface area contributed by atoms with Gasteiger partial charge < -0.3 is 24.8 Å². The third-order valence-corrected chi connectivity index (χ3v) is 5.35. The Morgan fingerprint density at radius 2 is 1.82 bits per heavy atom. The number of thioether (sulfide) groups is 1. The van der Waals surface area contributed by atoms with E-state index in [1.165, 1.54) is 37.3 Å².